The molecule has 0 rings (SSSR count). The number of aliphatic hydroxyl groups is 1. The second-order valence-electron chi connectivity index (χ2n) is 6.12. The molecule has 0 aliphatic heterocycles. The lowest BCUT2D eigenvalue weighted by Crippen LogP contribution is -2.62. The number of hydrogen-bond acceptors (Lipinski definition) is 6. The van der Waals surface area contributed by atoms with Crippen molar-refractivity contribution in [2.24, 2.45) is 0 Å². The van der Waals surface area contributed by atoms with E-state index in [2.05, 4.69) is 16.1 Å². The molecule has 0 spiro atoms. The largest absolute Gasteiger partial charge is 0.453 e. The van der Waals surface area contributed by atoms with Crippen LogP contribution in [0.4, 0.5) is 30.7 Å². The maximum absolute atomic E-state index is 13.6. The van der Waals surface area contributed by atoms with Crippen LogP contribution in [0.1, 0.15) is 32.6 Å². The van der Waals surface area contributed by atoms with Gasteiger partial charge < -0.3 is 19.9 Å². The van der Waals surface area contributed by atoms with Gasteiger partial charge >= 0.3 is 33.3 Å². The Morgan fingerprint density at radius 1 is 1.16 bits per heavy atom. The van der Waals surface area contributed by atoms with Crippen molar-refractivity contribution in [3.8, 4) is 0 Å². The Labute approximate surface area is 173 Å². The van der Waals surface area contributed by atoms with Gasteiger partial charge in [0.25, 0.3) is 5.91 Å². The second-order valence-corrected chi connectivity index (χ2v) is 7.58. The summed E-state index contributed by atoms with van der Waals surface area (Å²) in [7, 11) is -6.46. The summed E-state index contributed by atoms with van der Waals surface area (Å²) in [5, 5.41) is 5.36. The molecule has 2 unspecified atom stereocenters. The highest BCUT2D eigenvalue weighted by Gasteiger charge is 2.66. The first kappa shape index (κ1) is 29.5. The van der Waals surface area contributed by atoms with Crippen molar-refractivity contribution in [2.75, 3.05) is 13.2 Å². The number of hydrogen-bond donors (Lipinski definition) is 3. The third-order valence-corrected chi connectivity index (χ3v) is 4.58. The monoisotopic (exact) mass is 493 g/mol. The van der Waals surface area contributed by atoms with E-state index in [4.69, 9.17) is 4.55 Å². The minimum Gasteiger partial charge on any atom is -0.365 e. The summed E-state index contributed by atoms with van der Waals surface area (Å²) in [5.74, 6) is -11.2. The lowest BCUT2D eigenvalue weighted by atomic mass is 10.1. The standard InChI is InChI=1S/C15H22F7NO7S/c1-3-8-23-11(25)13(14(18,19)20,30-10(24)4-2)29-9-6-5-7-12(16,17)15(21,22)31(26,27)28/h4,10,24H,2-3,5-9H2,1H3,(H,23,25)(H,26,27,28). The maximum atomic E-state index is 13.6. The Morgan fingerprint density at radius 3 is 2.13 bits per heavy atom. The van der Waals surface area contributed by atoms with E-state index in [0.717, 1.165) is 0 Å². The number of carbonyl (C=O) groups is 1. The lowest BCUT2D eigenvalue weighted by molar-refractivity contribution is -0.383. The number of ether oxygens (including phenoxy) is 2. The summed E-state index contributed by atoms with van der Waals surface area (Å²) in [4.78, 5) is 12.0. The molecular formula is C15H22F7NO7S. The van der Waals surface area contributed by atoms with Crippen LogP contribution in [0.2, 0.25) is 0 Å². The first-order valence-electron chi connectivity index (χ1n) is 8.59. The predicted molar refractivity (Wildman–Crippen MR) is 90.6 cm³/mol. The van der Waals surface area contributed by atoms with Crippen LogP contribution in [0.5, 0.6) is 0 Å². The molecule has 0 aliphatic carbocycles. The molecule has 0 saturated heterocycles. The zero-order valence-electron chi connectivity index (χ0n) is 16.1. The van der Waals surface area contributed by atoms with Gasteiger partial charge in [-0.05, 0) is 25.3 Å². The highest BCUT2D eigenvalue weighted by molar-refractivity contribution is 7.87. The highest BCUT2D eigenvalue weighted by Crippen LogP contribution is 2.42. The SMILES string of the molecule is C=CC(O)OC(OCCCCC(F)(F)C(F)(F)S(=O)(=O)O)(C(=O)NCCC)C(F)(F)F. The van der Waals surface area contributed by atoms with Crippen LogP contribution in [-0.4, -0.2) is 66.6 Å². The maximum Gasteiger partial charge on any atom is 0.453 e. The van der Waals surface area contributed by atoms with E-state index in [1.807, 2.05) is 5.32 Å². The fraction of sp³-hybridized carbons (Fsp3) is 0.800. The average molecular weight is 493 g/mol. The zero-order valence-corrected chi connectivity index (χ0v) is 16.9. The summed E-state index contributed by atoms with van der Waals surface area (Å²) in [6.07, 6.45) is -10.8. The van der Waals surface area contributed by atoms with Gasteiger partial charge in [0.05, 0.1) is 6.61 Å². The molecule has 2 atom stereocenters. The van der Waals surface area contributed by atoms with Crippen LogP contribution in [0.15, 0.2) is 12.7 Å². The minimum atomic E-state index is -6.46. The van der Waals surface area contributed by atoms with Gasteiger partial charge in [0.1, 0.15) is 0 Å². The van der Waals surface area contributed by atoms with E-state index in [-0.39, 0.29) is 13.0 Å². The molecule has 0 saturated carbocycles. The van der Waals surface area contributed by atoms with Crippen LogP contribution in [-0.2, 0) is 24.4 Å². The van der Waals surface area contributed by atoms with Gasteiger partial charge in [-0.3, -0.25) is 9.35 Å². The number of aliphatic hydroxyl groups excluding tert-OH is 1. The molecule has 0 aliphatic rings. The third kappa shape index (κ3) is 7.27. The van der Waals surface area contributed by atoms with E-state index >= 15 is 0 Å². The molecule has 0 bridgehead atoms. The summed E-state index contributed by atoms with van der Waals surface area (Å²) in [6.45, 7) is 3.10. The van der Waals surface area contributed by atoms with Crippen LogP contribution >= 0.6 is 0 Å². The molecule has 16 heteroatoms. The number of amides is 1. The van der Waals surface area contributed by atoms with Gasteiger partial charge in [-0.15, -0.1) is 0 Å². The van der Waals surface area contributed by atoms with E-state index in [1.165, 1.54) is 6.92 Å². The first-order valence-corrected chi connectivity index (χ1v) is 10.0. The molecule has 1 amide bonds. The molecule has 184 valence electrons. The molecule has 0 aromatic carbocycles. The quantitative estimate of drug-likeness (QED) is 0.112. The minimum absolute atomic E-state index is 0.209. The lowest BCUT2D eigenvalue weighted by Gasteiger charge is -2.34. The van der Waals surface area contributed by atoms with Crippen LogP contribution < -0.4 is 5.32 Å². The molecular weight excluding hydrogens is 471 g/mol. The van der Waals surface area contributed by atoms with E-state index in [9.17, 15) is 49.1 Å². The number of nitrogens with one attached hydrogen (secondary N) is 1. The smallest absolute Gasteiger partial charge is 0.365 e. The Hall–Kier alpha value is -1.49. The molecule has 8 nitrogen and oxygen atoms in total. The van der Waals surface area contributed by atoms with E-state index < -0.39 is 71.3 Å². The second kappa shape index (κ2) is 10.9. The van der Waals surface area contributed by atoms with E-state index in [1.54, 1.807) is 0 Å². The van der Waals surface area contributed by atoms with Crippen molar-refractivity contribution in [1.29, 1.82) is 0 Å². The molecule has 31 heavy (non-hydrogen) atoms. The first-order chi connectivity index (χ1) is 13.9. The Balaban J connectivity index is 5.36. The predicted octanol–water partition coefficient (Wildman–Crippen LogP) is 2.60. The van der Waals surface area contributed by atoms with Gasteiger partial charge in [-0.1, -0.05) is 13.5 Å². The Kier molecular flexibility index (Phi) is 10.4. The van der Waals surface area contributed by atoms with Gasteiger partial charge in [0, 0.05) is 13.0 Å². The molecule has 0 heterocycles. The van der Waals surface area contributed by atoms with Crippen LogP contribution in [0.25, 0.3) is 0 Å². The topological polar surface area (TPSA) is 122 Å². The average Bonchev–Trinajstić information content (AvgIpc) is 2.62. The van der Waals surface area contributed by atoms with Gasteiger partial charge in [-0.2, -0.15) is 39.2 Å². The number of rotatable bonds is 14. The fourth-order valence-corrected chi connectivity index (χ4v) is 2.48. The van der Waals surface area contributed by atoms with Crippen molar-refractivity contribution < 1.29 is 63.1 Å². The molecule has 0 aromatic heterocycles. The van der Waals surface area contributed by atoms with Crippen molar-refractivity contribution in [2.45, 2.75) is 62.0 Å². The van der Waals surface area contributed by atoms with Crippen molar-refractivity contribution in [3.05, 3.63) is 12.7 Å². The van der Waals surface area contributed by atoms with Crippen molar-refractivity contribution in [3.63, 3.8) is 0 Å². The fourth-order valence-electron chi connectivity index (χ4n) is 2.00. The Morgan fingerprint density at radius 2 is 1.71 bits per heavy atom. The van der Waals surface area contributed by atoms with Crippen molar-refractivity contribution in [1.82, 2.24) is 5.32 Å². The van der Waals surface area contributed by atoms with Crippen molar-refractivity contribution >= 4 is 16.0 Å². The molecule has 0 aromatic rings. The molecule has 0 radical (unpaired) electrons. The van der Waals surface area contributed by atoms with Crippen LogP contribution in [0, 0.1) is 0 Å². The van der Waals surface area contributed by atoms with Gasteiger partial charge in [-0.25, -0.2) is 0 Å². The number of halogens is 7. The number of alkyl halides is 7. The van der Waals surface area contributed by atoms with E-state index in [0.29, 0.717) is 6.08 Å². The summed E-state index contributed by atoms with van der Waals surface area (Å²) < 4.78 is 131. The summed E-state index contributed by atoms with van der Waals surface area (Å²) >= 11 is 0. The van der Waals surface area contributed by atoms with Crippen LogP contribution in [0.3, 0.4) is 0 Å². The zero-order chi connectivity index (χ0) is 24.7. The highest BCUT2D eigenvalue weighted by atomic mass is 32.2. The third-order valence-electron chi connectivity index (χ3n) is 3.64. The number of carbonyl (C=O) groups excluding carboxylic acids is 1. The van der Waals surface area contributed by atoms with Gasteiger partial charge in [0.2, 0.25) is 0 Å². The van der Waals surface area contributed by atoms with Gasteiger partial charge in [0.15, 0.2) is 6.29 Å². The molecule has 0 fully saturated rings. The molecule has 3 N–H and O–H groups in total. The number of unbranched alkanes of at least 4 members (excludes halogenated alkanes) is 1. The normalized spacial score (nSPS) is 16.5. The summed E-state index contributed by atoms with van der Waals surface area (Å²) in [5.41, 5.74) is 0. The Bertz CT molecular complexity index is 715. The summed E-state index contributed by atoms with van der Waals surface area (Å²) in [6, 6.07) is 0.